The number of nitrogens with zero attached hydrogens (tertiary/aromatic N) is 4. The molecule has 0 unspecified atom stereocenters. The SMILES string of the molecule is Cc1nc2cc[nH]n2c(=O)c1CC(=O)N1C[C@@H](N(C)C)[C@@H](C)C1. The number of carbonyl (C=O) groups excluding carboxylic acids is 1. The van der Waals surface area contributed by atoms with Gasteiger partial charge in [0.25, 0.3) is 5.56 Å². The molecule has 0 bridgehead atoms. The molecule has 0 spiro atoms. The summed E-state index contributed by atoms with van der Waals surface area (Å²) in [5.74, 6) is 0.426. The molecule has 1 fully saturated rings. The minimum Gasteiger partial charge on any atom is -0.340 e. The standard InChI is InChI=1S/C16H23N5O2/c1-10-8-20(9-13(10)19(3)4)15(22)7-12-11(2)18-14-5-6-17-21(14)16(12)23/h5-6,10,13,17H,7-9H2,1-4H3/t10-,13+/m0/s1. The monoisotopic (exact) mass is 317 g/mol. The highest BCUT2D eigenvalue weighted by molar-refractivity contribution is 5.79. The molecule has 0 aliphatic carbocycles. The van der Waals surface area contributed by atoms with Crippen LogP contribution in [0, 0.1) is 12.8 Å². The van der Waals surface area contributed by atoms with Gasteiger partial charge >= 0.3 is 0 Å². The minimum absolute atomic E-state index is 0.00490. The Hall–Kier alpha value is -2.15. The van der Waals surface area contributed by atoms with E-state index in [0.29, 0.717) is 35.4 Å². The van der Waals surface area contributed by atoms with Gasteiger partial charge in [0.2, 0.25) is 5.91 Å². The van der Waals surface area contributed by atoms with Gasteiger partial charge in [0.1, 0.15) is 0 Å². The summed E-state index contributed by atoms with van der Waals surface area (Å²) < 4.78 is 1.38. The maximum Gasteiger partial charge on any atom is 0.276 e. The predicted molar refractivity (Wildman–Crippen MR) is 87.5 cm³/mol. The van der Waals surface area contributed by atoms with Crippen molar-refractivity contribution in [1.82, 2.24) is 24.4 Å². The summed E-state index contributed by atoms with van der Waals surface area (Å²) in [4.78, 5) is 33.5. The summed E-state index contributed by atoms with van der Waals surface area (Å²) in [6.07, 6.45) is 1.77. The second-order valence-electron chi connectivity index (χ2n) is 6.62. The summed E-state index contributed by atoms with van der Waals surface area (Å²) in [6, 6.07) is 2.11. The number of nitrogens with one attached hydrogen (secondary N) is 1. The molecule has 2 aromatic heterocycles. The molecule has 1 amide bonds. The van der Waals surface area contributed by atoms with Gasteiger partial charge < -0.3 is 9.80 Å². The van der Waals surface area contributed by atoms with E-state index in [1.54, 1.807) is 19.2 Å². The fourth-order valence-electron chi connectivity index (χ4n) is 3.40. The number of hydrogen-bond acceptors (Lipinski definition) is 4. The van der Waals surface area contributed by atoms with Gasteiger partial charge in [0.15, 0.2) is 5.65 Å². The molecular formula is C16H23N5O2. The molecule has 0 aromatic carbocycles. The first-order valence-electron chi connectivity index (χ1n) is 7.88. The minimum atomic E-state index is -0.192. The average molecular weight is 317 g/mol. The van der Waals surface area contributed by atoms with Crippen molar-refractivity contribution >= 4 is 11.6 Å². The van der Waals surface area contributed by atoms with E-state index >= 15 is 0 Å². The number of likely N-dealkylation sites (tertiary alicyclic amines) is 1. The van der Waals surface area contributed by atoms with Crippen LogP contribution < -0.4 is 5.56 Å². The molecule has 2 aromatic rings. The van der Waals surface area contributed by atoms with Crippen LogP contribution in [0.1, 0.15) is 18.2 Å². The van der Waals surface area contributed by atoms with E-state index in [2.05, 4.69) is 21.9 Å². The number of hydrogen-bond donors (Lipinski definition) is 1. The van der Waals surface area contributed by atoms with Crippen LogP contribution in [0.3, 0.4) is 0 Å². The molecule has 2 atom stereocenters. The lowest BCUT2D eigenvalue weighted by Crippen LogP contribution is -2.37. The summed E-state index contributed by atoms with van der Waals surface area (Å²) >= 11 is 0. The molecule has 1 N–H and O–H groups in total. The first-order valence-corrected chi connectivity index (χ1v) is 7.88. The lowest BCUT2D eigenvalue weighted by Gasteiger charge is -2.22. The number of carbonyl (C=O) groups is 1. The number of amides is 1. The number of aromatic nitrogens is 3. The predicted octanol–water partition coefficient (Wildman–Crippen LogP) is 0.282. The Morgan fingerprint density at radius 3 is 2.83 bits per heavy atom. The highest BCUT2D eigenvalue weighted by Crippen LogP contribution is 2.20. The van der Waals surface area contributed by atoms with Crippen molar-refractivity contribution in [3.63, 3.8) is 0 Å². The molecule has 1 aliphatic heterocycles. The van der Waals surface area contributed by atoms with Gasteiger partial charge in [0.05, 0.1) is 6.42 Å². The molecule has 1 saturated heterocycles. The molecule has 1 aliphatic rings. The van der Waals surface area contributed by atoms with Crippen molar-refractivity contribution in [2.24, 2.45) is 5.92 Å². The largest absolute Gasteiger partial charge is 0.340 e. The number of fused-ring (bicyclic) bond motifs is 1. The van der Waals surface area contributed by atoms with Gasteiger partial charge in [-0.05, 0) is 26.9 Å². The number of likely N-dealkylation sites (N-methyl/N-ethyl adjacent to an activating group) is 1. The summed E-state index contributed by atoms with van der Waals surface area (Å²) in [6.45, 7) is 5.39. The molecule has 7 heteroatoms. The normalized spacial score (nSPS) is 21.5. The molecular weight excluding hydrogens is 294 g/mol. The Labute approximate surface area is 134 Å². The number of aryl methyl sites for hydroxylation is 1. The van der Waals surface area contributed by atoms with E-state index in [9.17, 15) is 9.59 Å². The number of rotatable bonds is 3. The second-order valence-corrected chi connectivity index (χ2v) is 6.62. The van der Waals surface area contributed by atoms with Gasteiger partial charge in [-0.15, -0.1) is 0 Å². The molecule has 3 rings (SSSR count). The molecule has 0 saturated carbocycles. The average Bonchev–Trinajstić information content (AvgIpc) is 3.09. The zero-order chi connectivity index (χ0) is 16.7. The van der Waals surface area contributed by atoms with Crippen molar-refractivity contribution < 1.29 is 4.79 Å². The third kappa shape index (κ3) is 2.76. The van der Waals surface area contributed by atoms with Crippen molar-refractivity contribution in [2.75, 3.05) is 27.2 Å². The van der Waals surface area contributed by atoms with Crippen LogP contribution in [-0.2, 0) is 11.2 Å². The topological polar surface area (TPSA) is 73.7 Å². The quantitative estimate of drug-likeness (QED) is 0.882. The first-order chi connectivity index (χ1) is 10.9. The maximum absolute atomic E-state index is 12.6. The van der Waals surface area contributed by atoms with E-state index in [1.807, 2.05) is 19.0 Å². The third-order valence-electron chi connectivity index (χ3n) is 4.76. The highest BCUT2D eigenvalue weighted by atomic mass is 16.2. The Morgan fingerprint density at radius 2 is 2.17 bits per heavy atom. The second kappa shape index (κ2) is 5.81. The third-order valence-corrected chi connectivity index (χ3v) is 4.76. The highest BCUT2D eigenvalue weighted by Gasteiger charge is 2.33. The van der Waals surface area contributed by atoms with Crippen LogP contribution in [0.5, 0.6) is 0 Å². The summed E-state index contributed by atoms with van der Waals surface area (Å²) in [5, 5.41) is 2.84. The van der Waals surface area contributed by atoms with Crippen LogP contribution in [0.2, 0.25) is 0 Å². The van der Waals surface area contributed by atoms with Crippen LogP contribution in [-0.4, -0.2) is 63.5 Å². The van der Waals surface area contributed by atoms with E-state index < -0.39 is 0 Å². The Balaban J connectivity index is 1.83. The van der Waals surface area contributed by atoms with Gasteiger partial charge in [0, 0.05) is 42.7 Å². The van der Waals surface area contributed by atoms with Crippen LogP contribution >= 0.6 is 0 Å². The van der Waals surface area contributed by atoms with Gasteiger partial charge in [-0.2, -0.15) is 0 Å². The Bertz CT molecular complexity index is 791. The zero-order valence-electron chi connectivity index (χ0n) is 14.0. The van der Waals surface area contributed by atoms with Crippen molar-refractivity contribution in [3.8, 4) is 0 Å². The Kier molecular flexibility index (Phi) is 3.97. The van der Waals surface area contributed by atoms with Crippen molar-refractivity contribution in [2.45, 2.75) is 26.3 Å². The lowest BCUT2D eigenvalue weighted by molar-refractivity contribution is -0.129. The van der Waals surface area contributed by atoms with E-state index in [4.69, 9.17) is 0 Å². The van der Waals surface area contributed by atoms with Gasteiger partial charge in [-0.25, -0.2) is 9.50 Å². The number of H-pyrrole nitrogens is 1. The van der Waals surface area contributed by atoms with Crippen molar-refractivity contribution in [3.05, 3.63) is 33.9 Å². The van der Waals surface area contributed by atoms with E-state index in [-0.39, 0.29) is 17.9 Å². The van der Waals surface area contributed by atoms with Crippen LogP contribution in [0.25, 0.3) is 5.65 Å². The van der Waals surface area contributed by atoms with E-state index in [1.165, 1.54) is 4.52 Å². The molecule has 3 heterocycles. The fourth-order valence-corrected chi connectivity index (χ4v) is 3.40. The number of aromatic amines is 1. The molecule has 23 heavy (non-hydrogen) atoms. The van der Waals surface area contributed by atoms with E-state index in [0.717, 1.165) is 6.54 Å². The smallest absolute Gasteiger partial charge is 0.276 e. The molecule has 0 radical (unpaired) electrons. The maximum atomic E-state index is 12.6. The molecule has 7 nitrogen and oxygen atoms in total. The zero-order valence-corrected chi connectivity index (χ0v) is 14.0. The summed E-state index contributed by atoms with van der Waals surface area (Å²) in [7, 11) is 4.07. The lowest BCUT2D eigenvalue weighted by atomic mass is 10.1. The fraction of sp³-hybridized carbons (Fsp3) is 0.562. The first kappa shape index (κ1) is 15.7. The Morgan fingerprint density at radius 1 is 1.43 bits per heavy atom. The van der Waals surface area contributed by atoms with Crippen LogP contribution in [0.4, 0.5) is 0 Å². The van der Waals surface area contributed by atoms with Gasteiger partial charge in [-0.1, -0.05) is 6.92 Å². The molecule has 124 valence electrons. The van der Waals surface area contributed by atoms with Crippen LogP contribution in [0.15, 0.2) is 17.1 Å². The van der Waals surface area contributed by atoms with Crippen molar-refractivity contribution in [1.29, 1.82) is 0 Å². The summed E-state index contributed by atoms with van der Waals surface area (Å²) in [5.41, 5.74) is 1.48. The van der Waals surface area contributed by atoms with Gasteiger partial charge in [-0.3, -0.25) is 14.7 Å².